The summed E-state index contributed by atoms with van der Waals surface area (Å²) in [6, 6.07) is 7.31. The Morgan fingerprint density at radius 1 is 1.10 bits per heavy atom. The van der Waals surface area contributed by atoms with Crippen LogP contribution in [0.25, 0.3) is 0 Å². The fourth-order valence-electron chi connectivity index (χ4n) is 2.64. The zero-order chi connectivity index (χ0) is 22.1. The quantitative estimate of drug-likeness (QED) is 0.352. The lowest BCUT2D eigenvalue weighted by molar-refractivity contribution is -0.384. The Morgan fingerprint density at radius 3 is 2.47 bits per heavy atom. The van der Waals surface area contributed by atoms with Gasteiger partial charge in [0, 0.05) is 18.3 Å². The number of halogens is 3. The molecule has 0 spiro atoms. The van der Waals surface area contributed by atoms with E-state index >= 15 is 0 Å². The average molecular weight is 420 g/mol. The third-order valence-corrected chi connectivity index (χ3v) is 4.05. The zero-order valence-corrected chi connectivity index (χ0v) is 14.8. The molecule has 1 N–H and O–H groups in total. The van der Waals surface area contributed by atoms with E-state index in [1.807, 2.05) is 5.32 Å². The van der Waals surface area contributed by atoms with E-state index in [4.69, 9.17) is 0 Å². The first kappa shape index (κ1) is 20.6. The van der Waals surface area contributed by atoms with Crippen LogP contribution in [0.5, 0.6) is 0 Å². The van der Waals surface area contributed by atoms with Crippen LogP contribution in [0.2, 0.25) is 0 Å². The van der Waals surface area contributed by atoms with Gasteiger partial charge in [0.15, 0.2) is 5.92 Å². The topological polar surface area (TPSA) is 122 Å². The number of nitro groups is 1. The van der Waals surface area contributed by atoms with Crippen molar-refractivity contribution in [3.63, 3.8) is 0 Å². The molecule has 12 heteroatoms. The fourth-order valence-corrected chi connectivity index (χ4v) is 2.64. The minimum absolute atomic E-state index is 0.0623. The largest absolute Gasteiger partial charge is 0.416 e. The highest BCUT2D eigenvalue weighted by Crippen LogP contribution is 2.32. The maximum Gasteiger partial charge on any atom is 0.416 e. The molecule has 0 saturated carbocycles. The van der Waals surface area contributed by atoms with Crippen molar-refractivity contribution in [3.8, 4) is 0 Å². The van der Waals surface area contributed by atoms with E-state index < -0.39 is 40.4 Å². The number of carbonyl (C=O) groups is 3. The number of imide groups is 2. The van der Waals surface area contributed by atoms with Gasteiger partial charge in [0.1, 0.15) is 0 Å². The van der Waals surface area contributed by atoms with Gasteiger partial charge >= 0.3 is 12.2 Å². The highest BCUT2D eigenvalue weighted by Gasteiger charge is 2.41. The molecule has 2 aromatic carbocycles. The molecule has 0 radical (unpaired) electrons. The third kappa shape index (κ3) is 4.16. The number of benzene rings is 2. The second-order valence-corrected chi connectivity index (χ2v) is 6.05. The van der Waals surface area contributed by atoms with Crippen molar-refractivity contribution in [2.45, 2.75) is 6.18 Å². The number of amides is 4. The molecular formula is C18H11F3N4O5. The van der Waals surface area contributed by atoms with Crippen molar-refractivity contribution in [1.82, 2.24) is 5.32 Å². The SMILES string of the molecule is O=C1NC(=O)N(c2cccc(C(F)(F)F)c2)C(=O)[C@@H]1C=Nc1cccc([N+](=O)[O-])c1. The Hall–Kier alpha value is -4.09. The summed E-state index contributed by atoms with van der Waals surface area (Å²) in [4.78, 5) is 51.2. The first-order valence-electron chi connectivity index (χ1n) is 8.22. The van der Waals surface area contributed by atoms with E-state index in [1.165, 1.54) is 18.2 Å². The lowest BCUT2D eigenvalue weighted by Gasteiger charge is -2.28. The smallest absolute Gasteiger partial charge is 0.276 e. The van der Waals surface area contributed by atoms with E-state index in [1.54, 1.807) is 0 Å². The number of non-ortho nitro benzene ring substituents is 1. The fraction of sp³-hybridized carbons (Fsp3) is 0.111. The van der Waals surface area contributed by atoms with Crippen LogP contribution in [-0.2, 0) is 15.8 Å². The summed E-state index contributed by atoms with van der Waals surface area (Å²) in [5.74, 6) is -3.77. The number of barbiturate groups is 1. The van der Waals surface area contributed by atoms with Crippen LogP contribution in [-0.4, -0.2) is 29.0 Å². The van der Waals surface area contributed by atoms with Gasteiger partial charge in [0.25, 0.3) is 11.6 Å². The Balaban J connectivity index is 1.92. The lowest BCUT2D eigenvalue weighted by Crippen LogP contribution is -2.58. The van der Waals surface area contributed by atoms with E-state index in [9.17, 15) is 37.7 Å². The van der Waals surface area contributed by atoms with Crippen LogP contribution in [0.15, 0.2) is 53.5 Å². The predicted octanol–water partition coefficient (Wildman–Crippen LogP) is 3.22. The van der Waals surface area contributed by atoms with E-state index in [-0.39, 0.29) is 17.1 Å². The first-order valence-corrected chi connectivity index (χ1v) is 8.22. The van der Waals surface area contributed by atoms with Crippen LogP contribution >= 0.6 is 0 Å². The average Bonchev–Trinajstić information content (AvgIpc) is 2.67. The Kier molecular flexibility index (Phi) is 5.32. The number of nitro benzene ring substituents is 1. The molecule has 3 rings (SSSR count). The lowest BCUT2D eigenvalue weighted by atomic mass is 10.1. The van der Waals surface area contributed by atoms with E-state index in [0.717, 1.165) is 30.5 Å². The van der Waals surface area contributed by atoms with Crippen molar-refractivity contribution in [2.24, 2.45) is 10.9 Å². The molecule has 0 bridgehead atoms. The number of aliphatic imine (C=N–C) groups is 1. The molecular weight excluding hydrogens is 409 g/mol. The summed E-state index contributed by atoms with van der Waals surface area (Å²) < 4.78 is 38.8. The number of nitrogens with zero attached hydrogens (tertiary/aromatic N) is 3. The monoisotopic (exact) mass is 420 g/mol. The minimum atomic E-state index is -4.70. The maximum absolute atomic E-state index is 12.9. The molecule has 1 fully saturated rings. The van der Waals surface area contributed by atoms with Gasteiger partial charge in [0.2, 0.25) is 5.91 Å². The summed E-state index contributed by atoms with van der Waals surface area (Å²) in [5, 5.41) is 12.7. The van der Waals surface area contributed by atoms with Crippen molar-refractivity contribution in [1.29, 1.82) is 0 Å². The van der Waals surface area contributed by atoms with Gasteiger partial charge in [-0.1, -0.05) is 12.1 Å². The Bertz CT molecular complexity index is 1080. The normalized spacial score (nSPS) is 17.4. The standard InChI is InChI=1S/C18H11F3N4O5/c19-18(20,21)10-3-1-5-12(7-10)24-16(27)14(15(26)23-17(24)28)9-22-11-4-2-6-13(8-11)25(29)30/h1-9,14H,(H,23,26,28)/t14-/m1/s1. The molecule has 0 unspecified atom stereocenters. The number of urea groups is 1. The van der Waals surface area contributed by atoms with Gasteiger partial charge in [-0.25, -0.2) is 9.69 Å². The highest BCUT2D eigenvalue weighted by molar-refractivity contribution is 6.32. The zero-order valence-electron chi connectivity index (χ0n) is 14.8. The van der Waals surface area contributed by atoms with Gasteiger partial charge in [-0.3, -0.25) is 30.0 Å². The van der Waals surface area contributed by atoms with Gasteiger partial charge in [-0.15, -0.1) is 0 Å². The number of alkyl halides is 3. The third-order valence-electron chi connectivity index (χ3n) is 4.05. The molecule has 9 nitrogen and oxygen atoms in total. The van der Waals surface area contributed by atoms with Crippen LogP contribution in [0, 0.1) is 16.0 Å². The van der Waals surface area contributed by atoms with Gasteiger partial charge < -0.3 is 0 Å². The summed E-state index contributed by atoms with van der Waals surface area (Å²) in [6.45, 7) is 0. The van der Waals surface area contributed by atoms with Gasteiger partial charge in [0.05, 0.1) is 21.9 Å². The van der Waals surface area contributed by atoms with Crippen LogP contribution < -0.4 is 10.2 Å². The summed E-state index contributed by atoms with van der Waals surface area (Å²) in [7, 11) is 0. The van der Waals surface area contributed by atoms with Crippen LogP contribution in [0.4, 0.5) is 35.0 Å². The molecule has 0 aliphatic carbocycles. The number of nitrogens with one attached hydrogen (secondary N) is 1. The second kappa shape index (κ2) is 7.73. The maximum atomic E-state index is 12.9. The second-order valence-electron chi connectivity index (χ2n) is 6.05. The number of carbonyl (C=O) groups excluding carboxylic acids is 3. The molecule has 2 aromatic rings. The minimum Gasteiger partial charge on any atom is -0.276 e. The van der Waals surface area contributed by atoms with Crippen LogP contribution in [0.3, 0.4) is 0 Å². The first-order chi connectivity index (χ1) is 14.1. The Morgan fingerprint density at radius 2 is 1.80 bits per heavy atom. The highest BCUT2D eigenvalue weighted by atomic mass is 19.4. The molecule has 1 atom stereocenters. The van der Waals surface area contributed by atoms with Crippen molar-refractivity contribution in [2.75, 3.05) is 4.90 Å². The Labute approximate surface area is 166 Å². The van der Waals surface area contributed by atoms with Gasteiger partial charge in [-0.05, 0) is 24.3 Å². The van der Waals surface area contributed by atoms with Crippen molar-refractivity contribution < 1.29 is 32.5 Å². The number of anilines is 1. The van der Waals surface area contributed by atoms with E-state index in [0.29, 0.717) is 11.0 Å². The number of hydrogen-bond acceptors (Lipinski definition) is 6. The summed E-state index contributed by atoms with van der Waals surface area (Å²) in [5.41, 5.74) is -1.68. The summed E-state index contributed by atoms with van der Waals surface area (Å²) in [6.07, 6.45) is -3.84. The predicted molar refractivity (Wildman–Crippen MR) is 97.2 cm³/mol. The van der Waals surface area contributed by atoms with E-state index in [2.05, 4.69) is 4.99 Å². The molecule has 154 valence electrons. The van der Waals surface area contributed by atoms with Gasteiger partial charge in [-0.2, -0.15) is 13.2 Å². The van der Waals surface area contributed by atoms with Crippen molar-refractivity contribution in [3.05, 3.63) is 64.2 Å². The molecule has 0 aromatic heterocycles. The van der Waals surface area contributed by atoms with Crippen LogP contribution in [0.1, 0.15) is 5.56 Å². The molecule has 1 heterocycles. The summed E-state index contributed by atoms with van der Waals surface area (Å²) >= 11 is 0. The molecule has 4 amide bonds. The molecule has 1 aliphatic heterocycles. The molecule has 1 saturated heterocycles. The molecule has 1 aliphatic rings. The van der Waals surface area contributed by atoms with Crippen molar-refractivity contribution >= 4 is 41.1 Å². The molecule has 30 heavy (non-hydrogen) atoms. The number of hydrogen-bond donors (Lipinski definition) is 1. The number of rotatable bonds is 4.